The highest BCUT2D eigenvalue weighted by atomic mass is 32.1. The van der Waals surface area contributed by atoms with Crippen LogP contribution in [0.1, 0.15) is 5.56 Å². The largest absolute Gasteiger partial charge is 0.322 e. The summed E-state index contributed by atoms with van der Waals surface area (Å²) >= 11 is 4.17. The van der Waals surface area contributed by atoms with Gasteiger partial charge in [0.25, 0.3) is 0 Å². The van der Waals surface area contributed by atoms with E-state index >= 15 is 0 Å². The third-order valence-electron chi connectivity index (χ3n) is 1.38. The van der Waals surface area contributed by atoms with Gasteiger partial charge in [-0.1, -0.05) is 24.9 Å². The summed E-state index contributed by atoms with van der Waals surface area (Å²) in [4.78, 5) is 0. The Bertz CT molecular complexity index is 220. The van der Waals surface area contributed by atoms with Crippen LogP contribution in [0.25, 0.3) is 0 Å². The van der Waals surface area contributed by atoms with Gasteiger partial charge >= 0.3 is 0 Å². The van der Waals surface area contributed by atoms with Crippen LogP contribution in [0, 0.1) is 6.92 Å². The van der Waals surface area contributed by atoms with Gasteiger partial charge in [0.05, 0.1) is 0 Å². The molecule has 1 aromatic carbocycles. The number of rotatable bonds is 1. The molecular formula is C8H11NS. The molecule has 0 aromatic heterocycles. The molecule has 54 valence electrons. The fourth-order valence-electron chi connectivity index (χ4n) is 0.829. The molecule has 0 amide bonds. The van der Waals surface area contributed by atoms with Gasteiger partial charge in [0.15, 0.2) is 0 Å². The molecule has 0 spiro atoms. The second kappa shape index (κ2) is 2.97. The summed E-state index contributed by atoms with van der Waals surface area (Å²) in [5, 5.41) is 0. The first-order valence-corrected chi connectivity index (χ1v) is 3.59. The minimum atomic E-state index is 1.13. The highest BCUT2D eigenvalue weighted by molar-refractivity contribution is 7.81. The molecular weight excluding hydrogens is 142 g/mol. The molecule has 0 fully saturated rings. The average Bonchev–Trinajstić information content (AvgIpc) is 1.88. The molecule has 0 atom stereocenters. The molecule has 0 saturated carbocycles. The van der Waals surface area contributed by atoms with Crippen molar-refractivity contribution >= 4 is 18.5 Å². The fourth-order valence-corrected chi connectivity index (χ4v) is 0.954. The van der Waals surface area contributed by atoms with E-state index in [0.717, 1.165) is 5.69 Å². The van der Waals surface area contributed by atoms with Crippen molar-refractivity contribution in [3.05, 3.63) is 29.8 Å². The second-order valence-electron chi connectivity index (χ2n) is 2.36. The SMILES string of the molecule is Cc1cccc(N(C)S)c1. The van der Waals surface area contributed by atoms with Crippen molar-refractivity contribution in [1.29, 1.82) is 0 Å². The van der Waals surface area contributed by atoms with Gasteiger partial charge in [0, 0.05) is 12.7 Å². The predicted molar refractivity (Wildman–Crippen MR) is 48.6 cm³/mol. The molecule has 0 aliphatic carbocycles. The molecule has 0 bridgehead atoms. The van der Waals surface area contributed by atoms with E-state index in [0.29, 0.717) is 0 Å². The van der Waals surface area contributed by atoms with E-state index in [1.165, 1.54) is 5.56 Å². The number of benzene rings is 1. The second-order valence-corrected chi connectivity index (χ2v) is 2.96. The first kappa shape index (κ1) is 7.48. The van der Waals surface area contributed by atoms with E-state index in [1.54, 1.807) is 4.31 Å². The van der Waals surface area contributed by atoms with Crippen molar-refractivity contribution in [1.82, 2.24) is 0 Å². The maximum atomic E-state index is 4.17. The Hall–Kier alpha value is -0.630. The zero-order valence-corrected chi connectivity index (χ0v) is 7.10. The highest BCUT2D eigenvalue weighted by Gasteiger charge is 1.92. The van der Waals surface area contributed by atoms with E-state index in [1.807, 2.05) is 19.2 Å². The summed E-state index contributed by atoms with van der Waals surface area (Å²) in [6.45, 7) is 2.07. The maximum absolute atomic E-state index is 4.17. The zero-order chi connectivity index (χ0) is 7.56. The molecule has 0 aliphatic heterocycles. The Labute approximate surface area is 67.2 Å². The third-order valence-corrected chi connectivity index (χ3v) is 1.61. The molecule has 0 saturated heterocycles. The van der Waals surface area contributed by atoms with Crippen molar-refractivity contribution in [3.63, 3.8) is 0 Å². The van der Waals surface area contributed by atoms with Crippen LogP contribution in [0.4, 0.5) is 5.69 Å². The van der Waals surface area contributed by atoms with E-state index in [-0.39, 0.29) is 0 Å². The lowest BCUT2D eigenvalue weighted by molar-refractivity contribution is 1.34. The van der Waals surface area contributed by atoms with Crippen LogP contribution in [0.5, 0.6) is 0 Å². The van der Waals surface area contributed by atoms with Gasteiger partial charge in [-0.05, 0) is 24.6 Å². The molecule has 1 aromatic rings. The third kappa shape index (κ3) is 1.67. The van der Waals surface area contributed by atoms with Crippen molar-refractivity contribution < 1.29 is 0 Å². The predicted octanol–water partition coefficient (Wildman–Crippen LogP) is 2.28. The Morgan fingerprint density at radius 2 is 2.10 bits per heavy atom. The molecule has 0 N–H and O–H groups in total. The normalized spacial score (nSPS) is 9.50. The molecule has 2 heteroatoms. The van der Waals surface area contributed by atoms with Gasteiger partial charge in [-0.3, -0.25) is 0 Å². The van der Waals surface area contributed by atoms with E-state index in [2.05, 4.69) is 31.9 Å². The standard InChI is InChI=1S/C8H11NS/c1-7-4-3-5-8(6-7)9(2)10/h3-6,10H,1-2H3. The number of nitrogens with zero attached hydrogens (tertiary/aromatic N) is 1. The number of hydrogen-bond acceptors (Lipinski definition) is 2. The van der Waals surface area contributed by atoms with Crippen LogP contribution in [0.15, 0.2) is 24.3 Å². The van der Waals surface area contributed by atoms with E-state index in [9.17, 15) is 0 Å². The van der Waals surface area contributed by atoms with E-state index in [4.69, 9.17) is 0 Å². The lowest BCUT2D eigenvalue weighted by atomic mass is 10.2. The number of aryl methyl sites for hydroxylation is 1. The van der Waals surface area contributed by atoms with Gasteiger partial charge in [-0.15, -0.1) is 0 Å². The van der Waals surface area contributed by atoms with Gasteiger partial charge in [0.2, 0.25) is 0 Å². The first-order chi connectivity index (χ1) is 4.70. The average molecular weight is 153 g/mol. The Balaban J connectivity index is 2.96. The van der Waals surface area contributed by atoms with Crippen molar-refractivity contribution in [2.45, 2.75) is 6.92 Å². The number of hydrogen-bond donors (Lipinski definition) is 1. The molecule has 10 heavy (non-hydrogen) atoms. The minimum absolute atomic E-state index is 1.13. The Morgan fingerprint density at radius 3 is 2.50 bits per heavy atom. The number of thiol groups is 1. The number of anilines is 1. The van der Waals surface area contributed by atoms with Gasteiger partial charge < -0.3 is 4.31 Å². The molecule has 0 aliphatic rings. The summed E-state index contributed by atoms with van der Waals surface area (Å²) in [5.41, 5.74) is 2.39. The van der Waals surface area contributed by atoms with Crippen LogP contribution in [-0.4, -0.2) is 7.05 Å². The fraction of sp³-hybridized carbons (Fsp3) is 0.250. The minimum Gasteiger partial charge on any atom is -0.322 e. The summed E-state index contributed by atoms with van der Waals surface area (Å²) < 4.78 is 1.80. The highest BCUT2D eigenvalue weighted by Crippen LogP contribution is 2.14. The zero-order valence-electron chi connectivity index (χ0n) is 6.20. The summed E-state index contributed by atoms with van der Waals surface area (Å²) in [5.74, 6) is 0. The monoisotopic (exact) mass is 153 g/mol. The quantitative estimate of drug-likeness (QED) is 0.606. The Kier molecular flexibility index (Phi) is 2.22. The molecule has 1 rings (SSSR count). The van der Waals surface area contributed by atoms with Crippen LogP contribution in [0.2, 0.25) is 0 Å². The van der Waals surface area contributed by atoms with Gasteiger partial charge in [0.1, 0.15) is 0 Å². The molecule has 0 unspecified atom stereocenters. The molecule has 1 nitrogen and oxygen atoms in total. The van der Waals surface area contributed by atoms with E-state index < -0.39 is 0 Å². The first-order valence-electron chi connectivity index (χ1n) is 3.19. The summed E-state index contributed by atoms with van der Waals surface area (Å²) in [7, 11) is 1.91. The van der Waals surface area contributed by atoms with Crippen LogP contribution in [-0.2, 0) is 0 Å². The van der Waals surface area contributed by atoms with Crippen molar-refractivity contribution in [2.24, 2.45) is 0 Å². The molecule has 0 radical (unpaired) electrons. The maximum Gasteiger partial charge on any atom is 0.0466 e. The lowest BCUT2D eigenvalue weighted by Gasteiger charge is -2.10. The van der Waals surface area contributed by atoms with Gasteiger partial charge in [-0.2, -0.15) is 0 Å². The Morgan fingerprint density at radius 1 is 1.40 bits per heavy atom. The smallest absolute Gasteiger partial charge is 0.0466 e. The van der Waals surface area contributed by atoms with Gasteiger partial charge in [-0.25, -0.2) is 0 Å². The topological polar surface area (TPSA) is 3.24 Å². The van der Waals surface area contributed by atoms with Crippen LogP contribution < -0.4 is 4.31 Å². The summed E-state index contributed by atoms with van der Waals surface area (Å²) in [6.07, 6.45) is 0. The van der Waals surface area contributed by atoms with Crippen molar-refractivity contribution in [2.75, 3.05) is 11.4 Å². The summed E-state index contributed by atoms with van der Waals surface area (Å²) in [6, 6.07) is 8.21. The lowest BCUT2D eigenvalue weighted by Crippen LogP contribution is -1.99. The van der Waals surface area contributed by atoms with Crippen molar-refractivity contribution in [3.8, 4) is 0 Å². The molecule has 0 heterocycles. The van der Waals surface area contributed by atoms with Crippen LogP contribution >= 0.6 is 12.8 Å². The van der Waals surface area contributed by atoms with Crippen LogP contribution in [0.3, 0.4) is 0 Å².